The molecule has 0 saturated carbocycles. The predicted octanol–water partition coefficient (Wildman–Crippen LogP) is 2.90. The van der Waals surface area contributed by atoms with E-state index in [4.69, 9.17) is 0 Å². The summed E-state index contributed by atoms with van der Waals surface area (Å²) in [6.45, 7) is 1.98. The van der Waals surface area contributed by atoms with E-state index in [9.17, 15) is 13.2 Å². The number of aryl methyl sites for hydroxylation is 1. The molecule has 0 amide bonds. The molecule has 0 bridgehead atoms. The minimum absolute atomic E-state index is 0.467. The van der Waals surface area contributed by atoms with Gasteiger partial charge in [0, 0.05) is 6.42 Å². The Balaban J connectivity index is 2.64. The average Bonchev–Trinajstić information content (AvgIpc) is 2.47. The Labute approximate surface area is 77.8 Å². The third-order valence-electron chi connectivity index (χ3n) is 1.45. The molecule has 0 aliphatic carbocycles. The number of halogens is 3. The summed E-state index contributed by atoms with van der Waals surface area (Å²) in [7, 11) is 0. The lowest BCUT2D eigenvalue weighted by atomic mass is 10.3. The Hall–Kier alpha value is -0.650. The number of aromatic nitrogens is 2. The van der Waals surface area contributed by atoms with E-state index in [0.29, 0.717) is 22.8 Å². The zero-order chi connectivity index (χ0) is 9.90. The molecule has 1 aromatic heterocycles. The van der Waals surface area contributed by atoms with Gasteiger partial charge in [0.1, 0.15) is 5.01 Å². The number of hydrogen-bond donors (Lipinski definition) is 0. The van der Waals surface area contributed by atoms with E-state index in [1.807, 2.05) is 6.92 Å². The maximum absolute atomic E-state index is 12.0. The number of rotatable bonds is 3. The van der Waals surface area contributed by atoms with Gasteiger partial charge in [-0.25, -0.2) is 0 Å². The second kappa shape index (κ2) is 4.04. The molecule has 2 nitrogen and oxygen atoms in total. The van der Waals surface area contributed by atoms with Crippen molar-refractivity contribution in [1.82, 2.24) is 10.2 Å². The number of unbranched alkanes of at least 4 members (excludes halogenated alkanes) is 1. The second-order valence-electron chi connectivity index (χ2n) is 2.60. The highest BCUT2D eigenvalue weighted by Gasteiger charge is 2.35. The minimum atomic E-state index is -4.35. The van der Waals surface area contributed by atoms with E-state index in [2.05, 4.69) is 10.2 Å². The van der Waals surface area contributed by atoms with Crippen molar-refractivity contribution >= 4 is 11.3 Å². The first-order valence-electron chi connectivity index (χ1n) is 3.93. The van der Waals surface area contributed by atoms with Crippen molar-refractivity contribution in [3.63, 3.8) is 0 Å². The van der Waals surface area contributed by atoms with E-state index in [0.717, 1.165) is 12.8 Å². The fourth-order valence-electron chi connectivity index (χ4n) is 0.797. The number of alkyl halides is 3. The van der Waals surface area contributed by atoms with E-state index in [1.54, 1.807) is 0 Å². The van der Waals surface area contributed by atoms with Gasteiger partial charge in [0.05, 0.1) is 0 Å². The standard InChI is InChI=1S/C7H9F3N2S/c1-2-3-4-5-11-12-6(13-5)7(8,9)10/h2-4H2,1H3. The first-order valence-corrected chi connectivity index (χ1v) is 4.75. The third-order valence-corrected chi connectivity index (χ3v) is 2.48. The first-order chi connectivity index (χ1) is 6.04. The quantitative estimate of drug-likeness (QED) is 0.766. The van der Waals surface area contributed by atoms with Gasteiger partial charge in [0.25, 0.3) is 0 Å². The molecule has 0 saturated heterocycles. The van der Waals surface area contributed by atoms with Gasteiger partial charge in [-0.1, -0.05) is 24.7 Å². The Morgan fingerprint density at radius 3 is 2.46 bits per heavy atom. The molecule has 0 spiro atoms. The first kappa shape index (κ1) is 10.4. The van der Waals surface area contributed by atoms with Crippen molar-refractivity contribution in [1.29, 1.82) is 0 Å². The van der Waals surface area contributed by atoms with Crippen molar-refractivity contribution in [2.24, 2.45) is 0 Å². The highest BCUT2D eigenvalue weighted by Crippen LogP contribution is 2.31. The summed E-state index contributed by atoms with van der Waals surface area (Å²) in [4.78, 5) is 0. The monoisotopic (exact) mass is 210 g/mol. The van der Waals surface area contributed by atoms with Gasteiger partial charge < -0.3 is 0 Å². The van der Waals surface area contributed by atoms with Crippen molar-refractivity contribution in [3.8, 4) is 0 Å². The van der Waals surface area contributed by atoms with Gasteiger partial charge in [0.2, 0.25) is 5.01 Å². The molecule has 0 N–H and O–H groups in total. The molecule has 1 heterocycles. The maximum Gasteiger partial charge on any atom is 0.445 e. The number of nitrogens with zero attached hydrogens (tertiary/aromatic N) is 2. The summed E-state index contributed by atoms with van der Waals surface area (Å²) in [6, 6.07) is 0. The van der Waals surface area contributed by atoms with E-state index in [-0.39, 0.29) is 0 Å². The van der Waals surface area contributed by atoms with Crippen LogP contribution in [0.4, 0.5) is 13.2 Å². The third kappa shape index (κ3) is 2.95. The summed E-state index contributed by atoms with van der Waals surface area (Å²) in [5.41, 5.74) is 0. The van der Waals surface area contributed by atoms with Gasteiger partial charge in [0.15, 0.2) is 0 Å². The smallest absolute Gasteiger partial charge is 0.164 e. The van der Waals surface area contributed by atoms with Crippen LogP contribution >= 0.6 is 11.3 Å². The van der Waals surface area contributed by atoms with Crippen molar-refractivity contribution < 1.29 is 13.2 Å². The van der Waals surface area contributed by atoms with Crippen LogP contribution < -0.4 is 0 Å². The zero-order valence-corrected chi connectivity index (χ0v) is 7.87. The van der Waals surface area contributed by atoms with Gasteiger partial charge >= 0.3 is 6.18 Å². The molecule has 0 atom stereocenters. The molecular formula is C7H9F3N2S. The van der Waals surface area contributed by atoms with E-state index in [1.165, 1.54) is 0 Å². The van der Waals surface area contributed by atoms with Gasteiger partial charge in [-0.05, 0) is 6.42 Å². The summed E-state index contributed by atoms with van der Waals surface area (Å²) in [5, 5.41) is 6.17. The van der Waals surface area contributed by atoms with Crippen LogP contribution in [0, 0.1) is 0 Å². The molecule has 1 aromatic rings. The van der Waals surface area contributed by atoms with Crippen LogP contribution in [0.5, 0.6) is 0 Å². The highest BCUT2D eigenvalue weighted by atomic mass is 32.1. The predicted molar refractivity (Wildman–Crippen MR) is 43.5 cm³/mol. The molecule has 0 fully saturated rings. The topological polar surface area (TPSA) is 25.8 Å². The Morgan fingerprint density at radius 1 is 1.31 bits per heavy atom. The molecular weight excluding hydrogens is 201 g/mol. The molecule has 13 heavy (non-hydrogen) atoms. The van der Waals surface area contributed by atoms with Gasteiger partial charge in [-0.3, -0.25) is 0 Å². The fourth-order valence-corrected chi connectivity index (χ4v) is 1.55. The van der Waals surface area contributed by atoms with Crippen LogP contribution in [-0.4, -0.2) is 10.2 Å². The van der Waals surface area contributed by atoms with E-state index < -0.39 is 11.2 Å². The molecule has 0 aromatic carbocycles. The lowest BCUT2D eigenvalue weighted by molar-refractivity contribution is -0.138. The molecule has 0 aliphatic rings. The Bertz CT molecular complexity index is 269. The average molecular weight is 210 g/mol. The largest absolute Gasteiger partial charge is 0.445 e. The highest BCUT2D eigenvalue weighted by molar-refractivity contribution is 7.11. The molecule has 6 heteroatoms. The summed E-state index contributed by atoms with van der Waals surface area (Å²) in [5.74, 6) is 0. The normalized spacial score (nSPS) is 12.0. The van der Waals surface area contributed by atoms with Gasteiger partial charge in [-0.2, -0.15) is 13.2 Å². The molecule has 0 unspecified atom stereocenters. The van der Waals surface area contributed by atoms with Crippen LogP contribution in [0.3, 0.4) is 0 Å². The van der Waals surface area contributed by atoms with E-state index >= 15 is 0 Å². The lowest BCUT2D eigenvalue weighted by Gasteiger charge is -1.97. The maximum atomic E-state index is 12.0. The zero-order valence-electron chi connectivity index (χ0n) is 7.06. The number of hydrogen-bond acceptors (Lipinski definition) is 3. The van der Waals surface area contributed by atoms with Crippen LogP contribution in [0.1, 0.15) is 29.8 Å². The second-order valence-corrected chi connectivity index (χ2v) is 3.66. The van der Waals surface area contributed by atoms with Crippen molar-refractivity contribution in [2.45, 2.75) is 32.4 Å². The fraction of sp³-hybridized carbons (Fsp3) is 0.714. The van der Waals surface area contributed by atoms with Crippen LogP contribution in [0.2, 0.25) is 0 Å². The van der Waals surface area contributed by atoms with Crippen LogP contribution in [0.15, 0.2) is 0 Å². The molecule has 74 valence electrons. The van der Waals surface area contributed by atoms with Gasteiger partial charge in [-0.15, -0.1) is 10.2 Å². The SMILES string of the molecule is CCCCc1nnc(C(F)(F)F)s1. The van der Waals surface area contributed by atoms with Crippen molar-refractivity contribution in [3.05, 3.63) is 10.0 Å². The Morgan fingerprint density at radius 2 is 2.00 bits per heavy atom. The molecule has 0 radical (unpaired) electrons. The summed E-state index contributed by atoms with van der Waals surface area (Å²) in [6.07, 6.45) is -1.96. The summed E-state index contributed by atoms with van der Waals surface area (Å²) >= 11 is 0.633. The minimum Gasteiger partial charge on any atom is -0.164 e. The lowest BCUT2D eigenvalue weighted by Crippen LogP contribution is -2.03. The Kier molecular flexibility index (Phi) is 3.24. The van der Waals surface area contributed by atoms with Crippen LogP contribution in [0.25, 0.3) is 0 Å². The van der Waals surface area contributed by atoms with Crippen LogP contribution in [-0.2, 0) is 12.6 Å². The molecule has 1 rings (SSSR count). The van der Waals surface area contributed by atoms with Crippen molar-refractivity contribution in [2.75, 3.05) is 0 Å². The summed E-state index contributed by atoms with van der Waals surface area (Å²) < 4.78 is 36.1. The molecule has 0 aliphatic heterocycles.